The van der Waals surface area contributed by atoms with Gasteiger partial charge in [0.25, 0.3) is 0 Å². The van der Waals surface area contributed by atoms with E-state index in [-0.39, 0.29) is 17.7 Å². The van der Waals surface area contributed by atoms with Crippen molar-refractivity contribution in [3.8, 4) is 11.4 Å². The number of aromatic nitrogens is 4. The molecular formula is C25H26F4IN7. The summed E-state index contributed by atoms with van der Waals surface area (Å²) < 4.78 is 55.2. The molecule has 0 saturated carbocycles. The molecule has 2 saturated heterocycles. The summed E-state index contributed by atoms with van der Waals surface area (Å²) in [6.45, 7) is 4.49. The zero-order valence-corrected chi connectivity index (χ0v) is 22.4. The van der Waals surface area contributed by atoms with Gasteiger partial charge >= 0.3 is 6.18 Å². The number of halogens is 5. The second kappa shape index (κ2) is 10.5. The maximum Gasteiger partial charge on any atom is 0.419 e. The Balaban J connectivity index is 1.45. The van der Waals surface area contributed by atoms with E-state index in [1.54, 1.807) is 17.0 Å². The number of piperazine rings is 1. The summed E-state index contributed by atoms with van der Waals surface area (Å²) in [5.41, 5.74) is 0.533. The van der Waals surface area contributed by atoms with Crippen molar-refractivity contribution in [3.05, 3.63) is 53.5 Å². The van der Waals surface area contributed by atoms with Crippen molar-refractivity contribution in [3.63, 3.8) is 0 Å². The third-order valence-corrected chi connectivity index (χ3v) is 7.65. The number of benzene rings is 1. The maximum atomic E-state index is 14.2. The van der Waals surface area contributed by atoms with Gasteiger partial charge in [-0.25, -0.2) is 9.37 Å². The molecule has 2 aliphatic rings. The molecule has 1 aromatic carbocycles. The zero-order valence-electron chi connectivity index (χ0n) is 20.2. The smallest absolute Gasteiger partial charge is 0.353 e. The minimum atomic E-state index is -4.48. The van der Waals surface area contributed by atoms with Gasteiger partial charge in [-0.15, -0.1) is 0 Å². The van der Waals surface area contributed by atoms with Crippen LogP contribution in [0.3, 0.4) is 0 Å². The van der Waals surface area contributed by atoms with Crippen molar-refractivity contribution in [2.24, 2.45) is 0 Å². The van der Waals surface area contributed by atoms with Gasteiger partial charge in [0, 0.05) is 55.0 Å². The molecule has 1 unspecified atom stereocenters. The fourth-order valence-corrected chi connectivity index (χ4v) is 5.37. The zero-order chi connectivity index (χ0) is 26.2. The van der Waals surface area contributed by atoms with Crippen molar-refractivity contribution >= 4 is 40.3 Å². The predicted molar refractivity (Wildman–Crippen MR) is 143 cm³/mol. The molecule has 7 nitrogen and oxygen atoms in total. The van der Waals surface area contributed by atoms with Gasteiger partial charge in [-0.05, 0) is 55.7 Å². The number of rotatable bonds is 5. The van der Waals surface area contributed by atoms with E-state index in [0.29, 0.717) is 59.5 Å². The Morgan fingerprint density at radius 1 is 0.973 bits per heavy atom. The van der Waals surface area contributed by atoms with Gasteiger partial charge in [0.05, 0.1) is 5.56 Å². The molecule has 0 N–H and O–H groups in total. The molecule has 5 rings (SSSR count). The van der Waals surface area contributed by atoms with Crippen LogP contribution in [0.5, 0.6) is 0 Å². The molecule has 0 spiro atoms. The first-order valence-corrected chi connectivity index (χ1v) is 13.7. The van der Waals surface area contributed by atoms with Crippen LogP contribution in [0.4, 0.5) is 35.3 Å². The highest BCUT2D eigenvalue weighted by Crippen LogP contribution is 2.36. The Labute approximate surface area is 226 Å². The minimum Gasteiger partial charge on any atom is -0.353 e. The lowest BCUT2D eigenvalue weighted by Crippen LogP contribution is -2.48. The number of alkyl halides is 4. The fourth-order valence-electron chi connectivity index (χ4n) is 4.79. The third-order valence-electron chi connectivity index (χ3n) is 6.82. The lowest BCUT2D eigenvalue weighted by molar-refractivity contribution is -0.137. The predicted octanol–water partition coefficient (Wildman–Crippen LogP) is 5.34. The monoisotopic (exact) mass is 627 g/mol. The highest BCUT2D eigenvalue weighted by molar-refractivity contribution is 14.1. The fraction of sp³-hybridized carbons (Fsp3) is 0.440. The molecule has 0 radical (unpaired) electrons. The lowest BCUT2D eigenvalue weighted by atomic mass is 10.1. The first kappa shape index (κ1) is 25.9. The van der Waals surface area contributed by atoms with Gasteiger partial charge in [-0.1, -0.05) is 22.6 Å². The molecule has 2 aliphatic heterocycles. The summed E-state index contributed by atoms with van der Waals surface area (Å²) in [4.78, 5) is 24.0. The van der Waals surface area contributed by atoms with E-state index in [0.717, 1.165) is 25.5 Å². The molecular weight excluding hydrogens is 601 g/mol. The quantitative estimate of drug-likeness (QED) is 0.215. The molecule has 4 heterocycles. The SMILES string of the molecule is CC1CCCN1c1nc(-c2ccc(F)c(CI)c2)nc(N2CCN(c3ncccc3C(F)(F)F)CC2)n1. The van der Waals surface area contributed by atoms with E-state index in [2.05, 4.69) is 39.4 Å². The number of hydrogen-bond acceptors (Lipinski definition) is 7. The van der Waals surface area contributed by atoms with E-state index in [1.807, 2.05) is 4.90 Å². The van der Waals surface area contributed by atoms with Crippen LogP contribution in [0.15, 0.2) is 36.5 Å². The van der Waals surface area contributed by atoms with Gasteiger partial charge < -0.3 is 14.7 Å². The van der Waals surface area contributed by atoms with E-state index in [4.69, 9.17) is 15.0 Å². The lowest BCUT2D eigenvalue weighted by Gasteiger charge is -2.36. The molecule has 2 fully saturated rings. The van der Waals surface area contributed by atoms with Crippen molar-refractivity contribution in [2.75, 3.05) is 47.4 Å². The van der Waals surface area contributed by atoms with E-state index >= 15 is 0 Å². The molecule has 196 valence electrons. The third kappa shape index (κ3) is 5.43. The summed E-state index contributed by atoms with van der Waals surface area (Å²) in [5, 5.41) is 0. The van der Waals surface area contributed by atoms with Gasteiger partial charge in [-0.3, -0.25) is 0 Å². The first-order chi connectivity index (χ1) is 17.7. The molecule has 3 aromatic rings. The largest absolute Gasteiger partial charge is 0.419 e. The van der Waals surface area contributed by atoms with Crippen molar-refractivity contribution in [2.45, 2.75) is 36.4 Å². The highest BCUT2D eigenvalue weighted by Gasteiger charge is 2.36. The minimum absolute atomic E-state index is 0.0600. The Morgan fingerprint density at radius 3 is 2.38 bits per heavy atom. The molecule has 0 aliphatic carbocycles. The topological polar surface area (TPSA) is 61.3 Å². The second-order valence-electron chi connectivity index (χ2n) is 9.23. The average molecular weight is 627 g/mol. The Kier molecular flexibility index (Phi) is 7.37. The number of pyridine rings is 1. The van der Waals surface area contributed by atoms with Crippen LogP contribution >= 0.6 is 22.6 Å². The van der Waals surface area contributed by atoms with Crippen molar-refractivity contribution < 1.29 is 17.6 Å². The van der Waals surface area contributed by atoms with Gasteiger partial charge in [0.15, 0.2) is 5.82 Å². The van der Waals surface area contributed by atoms with E-state index in [1.165, 1.54) is 18.3 Å². The summed E-state index contributed by atoms with van der Waals surface area (Å²) in [6, 6.07) is 7.49. The summed E-state index contributed by atoms with van der Waals surface area (Å²) in [6.07, 6.45) is -1.02. The molecule has 37 heavy (non-hydrogen) atoms. The Bertz CT molecular complexity index is 1260. The van der Waals surface area contributed by atoms with Crippen LogP contribution in [0.25, 0.3) is 11.4 Å². The van der Waals surface area contributed by atoms with E-state index < -0.39 is 11.7 Å². The van der Waals surface area contributed by atoms with Gasteiger partial charge in [0.2, 0.25) is 11.9 Å². The molecule has 12 heteroatoms. The standard InChI is InChI=1S/C25H26F4IN7/c1-16-4-3-9-37(16)24-33-21(17-6-7-20(26)18(14-17)15-30)32-23(34-24)36-12-10-35(11-13-36)22-19(25(27,28)29)5-2-8-31-22/h2,5-8,14,16H,3-4,9-13,15H2,1H3. The van der Waals surface area contributed by atoms with Gasteiger partial charge in [-0.2, -0.15) is 28.1 Å². The summed E-state index contributed by atoms with van der Waals surface area (Å²) in [5.74, 6) is 1.16. The van der Waals surface area contributed by atoms with Crippen molar-refractivity contribution in [1.82, 2.24) is 19.9 Å². The Morgan fingerprint density at radius 2 is 1.70 bits per heavy atom. The normalized spacial score (nSPS) is 18.5. The first-order valence-electron chi connectivity index (χ1n) is 12.1. The van der Waals surface area contributed by atoms with Crippen LogP contribution in [-0.4, -0.2) is 58.7 Å². The van der Waals surface area contributed by atoms with Crippen LogP contribution in [0, 0.1) is 5.82 Å². The van der Waals surface area contributed by atoms with Crippen LogP contribution in [-0.2, 0) is 10.6 Å². The average Bonchev–Trinajstić information content (AvgIpc) is 3.34. The Hall–Kier alpha value is -2.77. The maximum absolute atomic E-state index is 14.2. The number of anilines is 3. The van der Waals surface area contributed by atoms with Crippen LogP contribution in [0.2, 0.25) is 0 Å². The molecule has 0 amide bonds. The van der Waals surface area contributed by atoms with Crippen molar-refractivity contribution in [1.29, 1.82) is 0 Å². The number of hydrogen-bond donors (Lipinski definition) is 0. The highest BCUT2D eigenvalue weighted by atomic mass is 127. The summed E-state index contributed by atoms with van der Waals surface area (Å²) >= 11 is 2.12. The molecule has 0 bridgehead atoms. The second-order valence-corrected chi connectivity index (χ2v) is 9.99. The van der Waals surface area contributed by atoms with E-state index in [9.17, 15) is 17.6 Å². The summed E-state index contributed by atoms with van der Waals surface area (Å²) in [7, 11) is 0. The number of nitrogens with zero attached hydrogens (tertiary/aromatic N) is 7. The molecule has 1 atom stereocenters. The van der Waals surface area contributed by atoms with Gasteiger partial charge in [0.1, 0.15) is 11.6 Å². The van der Waals surface area contributed by atoms with Crippen LogP contribution < -0.4 is 14.7 Å². The molecule has 2 aromatic heterocycles. The van der Waals surface area contributed by atoms with Crippen LogP contribution in [0.1, 0.15) is 30.9 Å².